The molecule has 0 bridgehead atoms. The van der Waals surface area contributed by atoms with Crippen LogP contribution in [-0.4, -0.2) is 24.6 Å². The Kier molecular flexibility index (Phi) is 5.90. The summed E-state index contributed by atoms with van der Waals surface area (Å²) in [5, 5.41) is 3.32. The summed E-state index contributed by atoms with van der Waals surface area (Å²) in [7, 11) is -1.77. The molecule has 6 nitrogen and oxygen atoms in total. The predicted molar refractivity (Wildman–Crippen MR) is 126 cm³/mol. The van der Waals surface area contributed by atoms with Crippen LogP contribution in [0.2, 0.25) is 0 Å². The molecule has 1 aromatic heterocycles. The molecular weight excluding hydrogens is 448 g/mol. The number of amides is 1. The van der Waals surface area contributed by atoms with Gasteiger partial charge in [0.25, 0.3) is 5.91 Å². The van der Waals surface area contributed by atoms with Crippen LogP contribution in [0.5, 0.6) is 0 Å². The Labute approximate surface area is 189 Å². The van der Waals surface area contributed by atoms with Crippen LogP contribution in [-0.2, 0) is 17.1 Å². The molecule has 33 heavy (non-hydrogen) atoms. The molecule has 0 saturated heterocycles. The first kappa shape index (κ1) is 22.5. The van der Waals surface area contributed by atoms with Gasteiger partial charge in [-0.2, -0.15) is 0 Å². The van der Waals surface area contributed by atoms with Gasteiger partial charge in [0.15, 0.2) is 5.82 Å². The number of fused-ring (bicyclic) bond motifs is 1. The van der Waals surface area contributed by atoms with Crippen molar-refractivity contribution in [1.29, 1.82) is 0 Å². The number of carbonyl (C=O) groups is 1. The average Bonchev–Trinajstić information content (AvgIpc) is 3.12. The maximum atomic E-state index is 15.1. The Morgan fingerprint density at radius 3 is 2.42 bits per heavy atom. The Morgan fingerprint density at radius 2 is 1.73 bits per heavy atom. The summed E-state index contributed by atoms with van der Waals surface area (Å²) in [6.07, 6.45) is 0. The first-order chi connectivity index (χ1) is 15.7. The van der Waals surface area contributed by atoms with E-state index in [0.29, 0.717) is 16.8 Å². The van der Waals surface area contributed by atoms with Crippen molar-refractivity contribution in [3.05, 3.63) is 84.1 Å². The molecule has 0 saturated carbocycles. The van der Waals surface area contributed by atoms with E-state index in [4.69, 9.17) is 0 Å². The SMILES string of the molecule is CCS(=O)(=O)Nc1ccc2cc(C(=O)Nc3cccc(-c4ccc(F)cc4)c3F)n(C)c2c1. The molecule has 1 amide bonds. The molecule has 0 unspecified atom stereocenters. The van der Waals surface area contributed by atoms with Crippen molar-refractivity contribution < 1.29 is 22.0 Å². The molecule has 0 fully saturated rings. The second-order valence-corrected chi connectivity index (χ2v) is 9.51. The van der Waals surface area contributed by atoms with Crippen molar-refractivity contribution >= 4 is 38.2 Å². The van der Waals surface area contributed by atoms with Gasteiger partial charge in [0.05, 0.1) is 22.6 Å². The number of carbonyl (C=O) groups excluding carboxylic acids is 1. The third-order valence-electron chi connectivity index (χ3n) is 5.33. The van der Waals surface area contributed by atoms with E-state index < -0.39 is 27.6 Å². The number of benzene rings is 3. The van der Waals surface area contributed by atoms with Crippen LogP contribution in [0.1, 0.15) is 17.4 Å². The third-order valence-corrected chi connectivity index (χ3v) is 6.64. The molecule has 0 aliphatic carbocycles. The number of nitrogens with zero attached hydrogens (tertiary/aromatic N) is 1. The van der Waals surface area contributed by atoms with Gasteiger partial charge in [-0.3, -0.25) is 9.52 Å². The van der Waals surface area contributed by atoms with Crippen molar-refractivity contribution in [2.24, 2.45) is 7.05 Å². The minimum absolute atomic E-state index is 0.0107. The number of hydrogen-bond donors (Lipinski definition) is 2. The predicted octanol–water partition coefficient (Wildman–Crippen LogP) is 5.14. The summed E-state index contributed by atoms with van der Waals surface area (Å²) in [5.41, 5.74) is 2.00. The molecular formula is C24H21F2N3O3S. The average molecular weight is 470 g/mol. The van der Waals surface area contributed by atoms with Crippen LogP contribution in [0.25, 0.3) is 22.0 Å². The van der Waals surface area contributed by atoms with E-state index in [0.717, 1.165) is 5.39 Å². The number of halogens is 2. The maximum absolute atomic E-state index is 15.1. The number of nitrogens with one attached hydrogen (secondary N) is 2. The van der Waals surface area contributed by atoms with Crippen molar-refractivity contribution in [2.75, 3.05) is 15.8 Å². The van der Waals surface area contributed by atoms with E-state index in [9.17, 15) is 17.6 Å². The highest BCUT2D eigenvalue weighted by molar-refractivity contribution is 7.92. The zero-order valence-electron chi connectivity index (χ0n) is 17.9. The van der Waals surface area contributed by atoms with Gasteiger partial charge in [-0.05, 0) is 48.9 Å². The van der Waals surface area contributed by atoms with Crippen LogP contribution in [0.4, 0.5) is 20.2 Å². The lowest BCUT2D eigenvalue weighted by Gasteiger charge is -2.11. The van der Waals surface area contributed by atoms with Gasteiger partial charge in [0.2, 0.25) is 10.0 Å². The van der Waals surface area contributed by atoms with Gasteiger partial charge in [0.1, 0.15) is 11.5 Å². The number of anilines is 2. The summed E-state index contributed by atoms with van der Waals surface area (Å²) in [5.74, 6) is -1.65. The summed E-state index contributed by atoms with van der Waals surface area (Å²) < 4.78 is 56.1. The molecule has 4 rings (SSSR count). The lowest BCUT2D eigenvalue weighted by Crippen LogP contribution is -2.16. The van der Waals surface area contributed by atoms with Crippen LogP contribution in [0, 0.1) is 11.6 Å². The molecule has 3 aromatic carbocycles. The molecule has 170 valence electrons. The fourth-order valence-corrected chi connectivity index (χ4v) is 4.16. The van der Waals surface area contributed by atoms with Gasteiger partial charge in [0, 0.05) is 18.0 Å². The fraction of sp³-hybridized carbons (Fsp3) is 0.125. The summed E-state index contributed by atoms with van der Waals surface area (Å²) in [6, 6.07) is 16.6. The highest BCUT2D eigenvalue weighted by Gasteiger charge is 2.18. The first-order valence-corrected chi connectivity index (χ1v) is 11.8. The Bertz CT molecular complexity index is 1460. The smallest absolute Gasteiger partial charge is 0.272 e. The molecule has 0 spiro atoms. The molecule has 2 N–H and O–H groups in total. The topological polar surface area (TPSA) is 80.2 Å². The lowest BCUT2D eigenvalue weighted by molar-refractivity contribution is 0.101. The van der Waals surface area contributed by atoms with Gasteiger partial charge in [-0.15, -0.1) is 0 Å². The Hall–Kier alpha value is -3.72. The summed E-state index contributed by atoms with van der Waals surface area (Å²) >= 11 is 0. The van der Waals surface area contributed by atoms with Gasteiger partial charge in [-0.25, -0.2) is 17.2 Å². The highest BCUT2D eigenvalue weighted by atomic mass is 32.2. The van der Waals surface area contributed by atoms with E-state index in [1.54, 1.807) is 48.0 Å². The van der Waals surface area contributed by atoms with E-state index in [2.05, 4.69) is 10.0 Å². The van der Waals surface area contributed by atoms with Gasteiger partial charge in [-0.1, -0.05) is 30.3 Å². The highest BCUT2D eigenvalue weighted by Crippen LogP contribution is 2.29. The molecule has 0 radical (unpaired) electrons. The maximum Gasteiger partial charge on any atom is 0.272 e. The van der Waals surface area contributed by atoms with Crippen LogP contribution in [0.15, 0.2) is 66.7 Å². The Morgan fingerprint density at radius 1 is 1.00 bits per heavy atom. The number of aryl methyl sites for hydroxylation is 1. The summed E-state index contributed by atoms with van der Waals surface area (Å²) in [4.78, 5) is 12.9. The zero-order valence-corrected chi connectivity index (χ0v) is 18.7. The number of rotatable bonds is 6. The molecule has 0 aliphatic rings. The van der Waals surface area contributed by atoms with Crippen molar-refractivity contribution in [3.8, 4) is 11.1 Å². The normalized spacial score (nSPS) is 11.5. The van der Waals surface area contributed by atoms with Crippen molar-refractivity contribution in [1.82, 2.24) is 4.57 Å². The second kappa shape index (κ2) is 8.67. The number of sulfonamides is 1. The monoisotopic (exact) mass is 469 g/mol. The minimum atomic E-state index is -3.44. The third kappa shape index (κ3) is 4.58. The summed E-state index contributed by atoms with van der Waals surface area (Å²) in [6.45, 7) is 1.54. The lowest BCUT2D eigenvalue weighted by atomic mass is 10.0. The standard InChI is InChI=1S/C24H21F2N3O3S/c1-3-33(31,32)28-18-12-9-16-13-22(29(2)21(16)14-18)24(30)27-20-6-4-5-19(23(20)26)15-7-10-17(25)11-8-15/h4-14,28H,3H2,1-2H3,(H,27,30). The van der Waals surface area contributed by atoms with Crippen LogP contribution in [0.3, 0.4) is 0 Å². The fourth-order valence-electron chi connectivity index (χ4n) is 3.53. The Balaban J connectivity index is 1.64. The quantitative estimate of drug-likeness (QED) is 0.411. The molecule has 0 atom stereocenters. The van der Waals surface area contributed by atoms with Crippen LogP contribution < -0.4 is 10.0 Å². The van der Waals surface area contributed by atoms with Gasteiger partial charge >= 0.3 is 0 Å². The zero-order chi connectivity index (χ0) is 23.8. The van der Waals surface area contributed by atoms with E-state index in [-0.39, 0.29) is 22.7 Å². The first-order valence-electron chi connectivity index (χ1n) is 10.1. The van der Waals surface area contributed by atoms with E-state index in [1.165, 1.54) is 37.3 Å². The van der Waals surface area contributed by atoms with E-state index in [1.807, 2.05) is 0 Å². The molecule has 9 heteroatoms. The largest absolute Gasteiger partial charge is 0.340 e. The van der Waals surface area contributed by atoms with Crippen molar-refractivity contribution in [2.45, 2.75) is 6.92 Å². The number of hydrogen-bond acceptors (Lipinski definition) is 3. The van der Waals surface area contributed by atoms with Crippen LogP contribution >= 0.6 is 0 Å². The van der Waals surface area contributed by atoms with Gasteiger partial charge < -0.3 is 9.88 Å². The molecule has 1 heterocycles. The number of aromatic nitrogens is 1. The van der Waals surface area contributed by atoms with E-state index >= 15 is 4.39 Å². The molecule has 4 aromatic rings. The minimum Gasteiger partial charge on any atom is -0.340 e. The van der Waals surface area contributed by atoms with Crippen molar-refractivity contribution in [3.63, 3.8) is 0 Å². The molecule has 0 aliphatic heterocycles. The second-order valence-electron chi connectivity index (χ2n) is 7.50.